The summed E-state index contributed by atoms with van der Waals surface area (Å²) < 4.78 is 11.9. The van der Waals surface area contributed by atoms with Crippen LogP contribution >= 0.6 is 15.9 Å². The first-order chi connectivity index (χ1) is 9.24. The molecular weight excluding hydrogens is 306 g/mol. The molecule has 1 saturated carbocycles. The van der Waals surface area contributed by atoms with E-state index in [9.17, 15) is 0 Å². The molecule has 4 heteroatoms. The molecule has 0 spiro atoms. The van der Waals surface area contributed by atoms with Crippen molar-refractivity contribution in [3.63, 3.8) is 0 Å². The van der Waals surface area contributed by atoms with Gasteiger partial charge in [-0.1, -0.05) is 5.92 Å². The maximum absolute atomic E-state index is 5.63. The quantitative estimate of drug-likeness (QED) is 0.816. The molecule has 0 aliphatic heterocycles. The predicted octanol–water partition coefficient (Wildman–Crippen LogP) is 3.11. The van der Waals surface area contributed by atoms with E-state index in [1.54, 1.807) is 14.0 Å². The Labute approximate surface area is 122 Å². The van der Waals surface area contributed by atoms with Crippen LogP contribution in [0.4, 0.5) is 0 Å². The van der Waals surface area contributed by atoms with Crippen LogP contribution in [0.15, 0.2) is 16.6 Å². The van der Waals surface area contributed by atoms with Crippen molar-refractivity contribution in [1.82, 2.24) is 5.32 Å². The number of rotatable bonds is 6. The zero-order valence-electron chi connectivity index (χ0n) is 11.3. The molecule has 102 valence electrons. The molecule has 19 heavy (non-hydrogen) atoms. The lowest BCUT2D eigenvalue weighted by Crippen LogP contribution is -2.15. The SMILES string of the molecule is CC#CCOc1c(Br)cc(CNC2CC2)cc1OC. The number of hydrogen-bond acceptors (Lipinski definition) is 3. The summed E-state index contributed by atoms with van der Waals surface area (Å²) in [6, 6.07) is 4.77. The summed E-state index contributed by atoms with van der Waals surface area (Å²) in [4.78, 5) is 0. The Morgan fingerprint density at radius 2 is 2.21 bits per heavy atom. The normalized spacial score (nSPS) is 13.6. The number of halogens is 1. The molecule has 1 aromatic rings. The fraction of sp³-hybridized carbons (Fsp3) is 0.467. The highest BCUT2D eigenvalue weighted by molar-refractivity contribution is 9.10. The van der Waals surface area contributed by atoms with Crippen molar-refractivity contribution >= 4 is 15.9 Å². The van der Waals surface area contributed by atoms with Crippen molar-refractivity contribution in [3.05, 3.63) is 22.2 Å². The highest BCUT2D eigenvalue weighted by Gasteiger charge is 2.20. The maximum atomic E-state index is 5.63. The second kappa shape index (κ2) is 6.83. The van der Waals surface area contributed by atoms with Gasteiger partial charge < -0.3 is 14.8 Å². The fourth-order valence-corrected chi connectivity index (χ4v) is 2.35. The molecule has 0 heterocycles. The summed E-state index contributed by atoms with van der Waals surface area (Å²) in [6.07, 6.45) is 2.57. The molecule has 0 saturated heterocycles. The van der Waals surface area contributed by atoms with Crippen molar-refractivity contribution in [1.29, 1.82) is 0 Å². The zero-order chi connectivity index (χ0) is 13.7. The Hall–Kier alpha value is -1.18. The average Bonchev–Trinajstić information content (AvgIpc) is 3.22. The summed E-state index contributed by atoms with van der Waals surface area (Å²) in [6.45, 7) is 3.02. The third-order valence-corrected chi connectivity index (χ3v) is 3.52. The van der Waals surface area contributed by atoms with Crippen LogP contribution in [0, 0.1) is 11.8 Å². The van der Waals surface area contributed by atoms with Crippen molar-refractivity contribution in [2.75, 3.05) is 13.7 Å². The van der Waals surface area contributed by atoms with Crippen molar-refractivity contribution < 1.29 is 9.47 Å². The number of methoxy groups -OCH3 is 1. The largest absolute Gasteiger partial charge is 0.493 e. The molecule has 1 aromatic carbocycles. The molecule has 0 atom stereocenters. The first kappa shape index (κ1) is 14.2. The lowest BCUT2D eigenvalue weighted by Gasteiger charge is -2.13. The topological polar surface area (TPSA) is 30.5 Å². The first-order valence-electron chi connectivity index (χ1n) is 6.36. The Kier molecular flexibility index (Phi) is 5.12. The Balaban J connectivity index is 2.10. The lowest BCUT2D eigenvalue weighted by molar-refractivity contribution is 0.328. The molecular formula is C15H18BrNO2. The molecule has 0 aromatic heterocycles. The summed E-state index contributed by atoms with van der Waals surface area (Å²) in [5.41, 5.74) is 1.18. The van der Waals surface area contributed by atoms with E-state index in [-0.39, 0.29) is 0 Å². The summed E-state index contributed by atoms with van der Waals surface area (Å²) in [5, 5.41) is 3.48. The van der Waals surface area contributed by atoms with Crippen LogP contribution in [0.25, 0.3) is 0 Å². The molecule has 3 nitrogen and oxygen atoms in total. The smallest absolute Gasteiger partial charge is 0.176 e. The van der Waals surface area contributed by atoms with Gasteiger partial charge in [0.1, 0.15) is 6.61 Å². The lowest BCUT2D eigenvalue weighted by atomic mass is 10.2. The van der Waals surface area contributed by atoms with Gasteiger partial charge in [-0.2, -0.15) is 0 Å². The van der Waals surface area contributed by atoms with Gasteiger partial charge in [0.25, 0.3) is 0 Å². The van der Waals surface area contributed by atoms with Gasteiger partial charge in [-0.15, -0.1) is 5.92 Å². The molecule has 0 bridgehead atoms. The third kappa shape index (κ3) is 4.15. The first-order valence-corrected chi connectivity index (χ1v) is 7.16. The standard InChI is InChI=1S/C15H18BrNO2/c1-3-4-7-19-15-13(16)8-11(9-14(15)18-2)10-17-12-5-6-12/h8-9,12,17H,5-7,10H2,1-2H3. The zero-order valence-corrected chi connectivity index (χ0v) is 12.8. The molecule has 2 rings (SSSR count). The number of nitrogens with one attached hydrogen (secondary N) is 1. The molecule has 0 radical (unpaired) electrons. The van der Waals surface area contributed by atoms with Gasteiger partial charge in [0, 0.05) is 12.6 Å². The second-order valence-electron chi connectivity index (χ2n) is 4.48. The van der Waals surface area contributed by atoms with Gasteiger partial charge in [-0.3, -0.25) is 0 Å². The Bertz CT molecular complexity index is 501. The van der Waals surface area contributed by atoms with Gasteiger partial charge in [-0.25, -0.2) is 0 Å². The molecule has 1 fully saturated rings. The molecule has 0 amide bonds. The van der Waals surface area contributed by atoms with E-state index < -0.39 is 0 Å². The third-order valence-electron chi connectivity index (χ3n) is 2.93. The number of ether oxygens (including phenoxy) is 2. The summed E-state index contributed by atoms with van der Waals surface area (Å²) in [7, 11) is 1.65. The Morgan fingerprint density at radius 3 is 2.84 bits per heavy atom. The predicted molar refractivity (Wildman–Crippen MR) is 79.5 cm³/mol. The van der Waals surface area contributed by atoms with Gasteiger partial charge in [0.2, 0.25) is 0 Å². The van der Waals surface area contributed by atoms with E-state index in [0.717, 1.165) is 16.8 Å². The van der Waals surface area contributed by atoms with Crippen LogP contribution in [0.3, 0.4) is 0 Å². The van der Waals surface area contributed by atoms with Gasteiger partial charge >= 0.3 is 0 Å². The van der Waals surface area contributed by atoms with E-state index >= 15 is 0 Å². The van der Waals surface area contributed by atoms with Crippen LogP contribution in [0.5, 0.6) is 11.5 Å². The minimum atomic E-state index is 0.366. The Morgan fingerprint density at radius 1 is 1.42 bits per heavy atom. The van der Waals surface area contributed by atoms with Crippen molar-refractivity contribution in [3.8, 4) is 23.3 Å². The molecule has 1 N–H and O–H groups in total. The van der Waals surface area contributed by atoms with Gasteiger partial charge in [0.15, 0.2) is 11.5 Å². The highest BCUT2D eigenvalue weighted by Crippen LogP contribution is 2.36. The molecule has 0 unspecified atom stereocenters. The van der Waals surface area contributed by atoms with E-state index in [1.165, 1.54) is 18.4 Å². The van der Waals surface area contributed by atoms with Crippen molar-refractivity contribution in [2.24, 2.45) is 0 Å². The average molecular weight is 324 g/mol. The molecule has 1 aliphatic rings. The van der Waals surface area contributed by atoms with Gasteiger partial charge in [0.05, 0.1) is 11.6 Å². The van der Waals surface area contributed by atoms with E-state index in [1.807, 2.05) is 6.07 Å². The monoisotopic (exact) mass is 323 g/mol. The van der Waals surface area contributed by atoms with Crippen LogP contribution in [-0.4, -0.2) is 19.8 Å². The van der Waals surface area contributed by atoms with Crippen LogP contribution in [0.1, 0.15) is 25.3 Å². The van der Waals surface area contributed by atoms with Crippen LogP contribution < -0.4 is 14.8 Å². The minimum Gasteiger partial charge on any atom is -0.493 e. The van der Waals surface area contributed by atoms with Crippen molar-refractivity contribution in [2.45, 2.75) is 32.4 Å². The number of benzene rings is 1. The minimum absolute atomic E-state index is 0.366. The second-order valence-corrected chi connectivity index (χ2v) is 5.33. The van der Waals surface area contributed by atoms with E-state index in [2.05, 4.69) is 39.2 Å². The molecule has 1 aliphatic carbocycles. The maximum Gasteiger partial charge on any atom is 0.176 e. The van der Waals surface area contributed by atoms with E-state index in [0.29, 0.717) is 18.4 Å². The highest BCUT2D eigenvalue weighted by atomic mass is 79.9. The van der Waals surface area contributed by atoms with Crippen LogP contribution in [0.2, 0.25) is 0 Å². The summed E-state index contributed by atoms with van der Waals surface area (Å²) >= 11 is 3.53. The fourth-order valence-electron chi connectivity index (χ4n) is 1.75. The summed E-state index contributed by atoms with van der Waals surface area (Å²) in [5.74, 6) is 7.13. The van der Waals surface area contributed by atoms with Crippen LogP contribution in [-0.2, 0) is 6.54 Å². The number of hydrogen-bond donors (Lipinski definition) is 1. The van der Waals surface area contributed by atoms with E-state index in [4.69, 9.17) is 9.47 Å². The van der Waals surface area contributed by atoms with Gasteiger partial charge in [-0.05, 0) is 53.4 Å².